The van der Waals surface area contributed by atoms with Crippen molar-refractivity contribution in [1.82, 2.24) is 5.32 Å². The fraction of sp³-hybridized carbons (Fsp3) is 0.933. The molecule has 2 atom stereocenters. The summed E-state index contributed by atoms with van der Waals surface area (Å²) in [5.74, 6) is 1.60. The van der Waals surface area contributed by atoms with Crippen molar-refractivity contribution >= 4 is 5.91 Å². The van der Waals surface area contributed by atoms with Gasteiger partial charge in [0.2, 0.25) is 5.91 Å². The molecule has 112 valence electrons. The van der Waals surface area contributed by atoms with Crippen molar-refractivity contribution in [3.63, 3.8) is 0 Å². The number of hydrogen-bond acceptors (Lipinski definition) is 3. The van der Waals surface area contributed by atoms with Crippen LogP contribution in [0.4, 0.5) is 0 Å². The van der Waals surface area contributed by atoms with Crippen LogP contribution < -0.4 is 11.1 Å². The maximum Gasteiger partial charge on any atom is 0.220 e. The number of ether oxygens (including phenoxy) is 1. The second-order valence-corrected chi connectivity index (χ2v) is 6.24. The molecule has 4 nitrogen and oxygen atoms in total. The van der Waals surface area contributed by atoms with Gasteiger partial charge in [-0.25, -0.2) is 0 Å². The Morgan fingerprint density at radius 1 is 1.32 bits per heavy atom. The van der Waals surface area contributed by atoms with E-state index in [-0.39, 0.29) is 11.9 Å². The summed E-state index contributed by atoms with van der Waals surface area (Å²) in [6.07, 6.45) is 3.68. The maximum absolute atomic E-state index is 12.0. The highest BCUT2D eigenvalue weighted by molar-refractivity contribution is 5.76. The van der Waals surface area contributed by atoms with Crippen molar-refractivity contribution in [3.8, 4) is 0 Å². The second-order valence-electron chi connectivity index (χ2n) is 6.24. The van der Waals surface area contributed by atoms with Gasteiger partial charge in [0, 0.05) is 25.7 Å². The van der Waals surface area contributed by atoms with Gasteiger partial charge in [-0.3, -0.25) is 4.79 Å². The molecule has 1 amide bonds. The molecule has 1 aliphatic rings. The summed E-state index contributed by atoms with van der Waals surface area (Å²) in [5.41, 5.74) is 5.75. The molecule has 4 heteroatoms. The SMILES string of the molecule is CC(C)CC(CN)CC(=O)NC(C)C1CCOCC1. The standard InChI is InChI=1S/C15H30N2O2/c1-11(2)8-13(10-16)9-15(18)17-12(3)14-4-6-19-7-5-14/h11-14H,4-10,16H2,1-3H3,(H,17,18). The molecule has 0 aromatic rings. The maximum atomic E-state index is 12.0. The number of carbonyl (C=O) groups is 1. The van der Waals surface area contributed by atoms with Crippen LogP contribution in [0.25, 0.3) is 0 Å². The Balaban J connectivity index is 2.32. The molecule has 0 bridgehead atoms. The van der Waals surface area contributed by atoms with Gasteiger partial charge in [0.05, 0.1) is 0 Å². The first kappa shape index (κ1) is 16.4. The zero-order valence-corrected chi connectivity index (χ0v) is 12.7. The van der Waals surface area contributed by atoms with Gasteiger partial charge >= 0.3 is 0 Å². The first-order valence-electron chi connectivity index (χ1n) is 7.60. The fourth-order valence-electron chi connectivity index (χ4n) is 2.84. The van der Waals surface area contributed by atoms with Gasteiger partial charge in [0.1, 0.15) is 0 Å². The van der Waals surface area contributed by atoms with Crippen LogP contribution in [0.5, 0.6) is 0 Å². The van der Waals surface area contributed by atoms with E-state index in [9.17, 15) is 4.79 Å². The molecule has 0 aromatic heterocycles. The minimum Gasteiger partial charge on any atom is -0.381 e. The van der Waals surface area contributed by atoms with E-state index in [2.05, 4.69) is 26.1 Å². The summed E-state index contributed by atoms with van der Waals surface area (Å²) < 4.78 is 5.35. The second kappa shape index (κ2) is 8.54. The van der Waals surface area contributed by atoms with E-state index in [1.165, 1.54) is 0 Å². The molecule has 1 rings (SSSR count). The molecule has 0 aliphatic carbocycles. The van der Waals surface area contributed by atoms with E-state index >= 15 is 0 Å². The Kier molecular flexibility index (Phi) is 7.39. The van der Waals surface area contributed by atoms with Crippen LogP contribution in [0.1, 0.15) is 46.5 Å². The van der Waals surface area contributed by atoms with Crippen molar-refractivity contribution in [2.75, 3.05) is 19.8 Å². The number of rotatable bonds is 7. The van der Waals surface area contributed by atoms with Crippen LogP contribution in [-0.4, -0.2) is 31.7 Å². The van der Waals surface area contributed by atoms with Gasteiger partial charge < -0.3 is 15.8 Å². The van der Waals surface area contributed by atoms with Crippen LogP contribution >= 0.6 is 0 Å². The van der Waals surface area contributed by atoms with Crippen LogP contribution in [-0.2, 0) is 9.53 Å². The third-order valence-electron chi connectivity index (χ3n) is 3.97. The molecular weight excluding hydrogens is 240 g/mol. The summed E-state index contributed by atoms with van der Waals surface area (Å²) in [6.45, 7) is 8.69. The molecule has 2 unspecified atom stereocenters. The average Bonchev–Trinajstić information content (AvgIpc) is 2.38. The van der Waals surface area contributed by atoms with E-state index in [4.69, 9.17) is 10.5 Å². The predicted molar refractivity (Wildman–Crippen MR) is 77.8 cm³/mol. The van der Waals surface area contributed by atoms with Gasteiger partial charge in [-0.05, 0) is 50.5 Å². The molecule has 0 spiro atoms. The van der Waals surface area contributed by atoms with Crippen LogP contribution in [0.3, 0.4) is 0 Å². The molecule has 1 saturated heterocycles. The quantitative estimate of drug-likeness (QED) is 0.743. The lowest BCUT2D eigenvalue weighted by atomic mass is 9.91. The summed E-state index contributed by atoms with van der Waals surface area (Å²) in [4.78, 5) is 12.0. The van der Waals surface area contributed by atoms with Crippen molar-refractivity contribution in [1.29, 1.82) is 0 Å². The summed E-state index contributed by atoms with van der Waals surface area (Å²) in [5, 5.41) is 3.14. The number of amides is 1. The molecular formula is C15H30N2O2. The molecule has 1 aliphatic heterocycles. The van der Waals surface area contributed by atoms with Gasteiger partial charge in [-0.1, -0.05) is 13.8 Å². The summed E-state index contributed by atoms with van der Waals surface area (Å²) in [6, 6.07) is 0.244. The summed E-state index contributed by atoms with van der Waals surface area (Å²) >= 11 is 0. The van der Waals surface area contributed by atoms with E-state index < -0.39 is 0 Å². The lowest BCUT2D eigenvalue weighted by Gasteiger charge is -2.29. The highest BCUT2D eigenvalue weighted by Gasteiger charge is 2.22. The van der Waals surface area contributed by atoms with Crippen LogP contribution in [0, 0.1) is 17.8 Å². The Morgan fingerprint density at radius 2 is 1.95 bits per heavy atom. The van der Waals surface area contributed by atoms with Crippen molar-refractivity contribution in [2.24, 2.45) is 23.5 Å². The van der Waals surface area contributed by atoms with Crippen molar-refractivity contribution in [2.45, 2.75) is 52.5 Å². The van der Waals surface area contributed by atoms with Gasteiger partial charge in [0.15, 0.2) is 0 Å². The molecule has 0 radical (unpaired) electrons. The number of nitrogens with one attached hydrogen (secondary N) is 1. The average molecular weight is 270 g/mol. The monoisotopic (exact) mass is 270 g/mol. The minimum atomic E-state index is 0.148. The Morgan fingerprint density at radius 3 is 2.47 bits per heavy atom. The number of hydrogen-bond donors (Lipinski definition) is 2. The first-order valence-corrected chi connectivity index (χ1v) is 7.60. The zero-order valence-electron chi connectivity index (χ0n) is 12.7. The highest BCUT2D eigenvalue weighted by Crippen LogP contribution is 2.19. The molecule has 0 saturated carbocycles. The minimum absolute atomic E-state index is 0.148. The Labute approximate surface area is 117 Å². The molecule has 1 fully saturated rings. The fourth-order valence-corrected chi connectivity index (χ4v) is 2.84. The summed E-state index contributed by atoms with van der Waals surface area (Å²) in [7, 11) is 0. The van der Waals surface area contributed by atoms with Gasteiger partial charge in [0.25, 0.3) is 0 Å². The van der Waals surface area contributed by atoms with E-state index in [1.807, 2.05) is 0 Å². The lowest BCUT2D eigenvalue weighted by molar-refractivity contribution is -0.123. The third kappa shape index (κ3) is 6.39. The van der Waals surface area contributed by atoms with Crippen LogP contribution in [0.2, 0.25) is 0 Å². The molecule has 0 aromatic carbocycles. The van der Waals surface area contributed by atoms with E-state index in [1.54, 1.807) is 0 Å². The van der Waals surface area contributed by atoms with E-state index in [0.29, 0.717) is 30.7 Å². The number of nitrogens with two attached hydrogens (primary N) is 1. The van der Waals surface area contributed by atoms with E-state index in [0.717, 1.165) is 32.5 Å². The predicted octanol–water partition coefficient (Wildman–Crippen LogP) is 1.93. The number of carbonyl (C=O) groups excluding carboxylic acids is 1. The highest BCUT2D eigenvalue weighted by atomic mass is 16.5. The Bertz CT molecular complexity index is 263. The Hall–Kier alpha value is -0.610. The topological polar surface area (TPSA) is 64.4 Å². The van der Waals surface area contributed by atoms with Gasteiger partial charge in [-0.15, -0.1) is 0 Å². The molecule has 19 heavy (non-hydrogen) atoms. The van der Waals surface area contributed by atoms with Crippen LogP contribution in [0.15, 0.2) is 0 Å². The lowest BCUT2D eigenvalue weighted by Crippen LogP contribution is -2.41. The third-order valence-corrected chi connectivity index (χ3v) is 3.97. The van der Waals surface area contributed by atoms with Gasteiger partial charge in [-0.2, -0.15) is 0 Å². The van der Waals surface area contributed by atoms with Crippen molar-refractivity contribution < 1.29 is 9.53 Å². The first-order chi connectivity index (χ1) is 9.02. The normalized spacial score (nSPS) is 20.3. The molecule has 3 N–H and O–H groups in total. The zero-order chi connectivity index (χ0) is 14.3. The smallest absolute Gasteiger partial charge is 0.220 e. The largest absolute Gasteiger partial charge is 0.381 e. The van der Waals surface area contributed by atoms with Crippen molar-refractivity contribution in [3.05, 3.63) is 0 Å². The molecule has 1 heterocycles.